The number of hydrogen-bond donors (Lipinski definition) is 2. The third-order valence-electron chi connectivity index (χ3n) is 4.48. The molecule has 1 saturated carbocycles. The highest BCUT2D eigenvalue weighted by Gasteiger charge is 2.21. The molecular formula is C20H21BrN2O2. The zero-order valence-corrected chi connectivity index (χ0v) is 15.5. The summed E-state index contributed by atoms with van der Waals surface area (Å²) in [5.41, 5.74) is 1.93. The van der Waals surface area contributed by atoms with Crippen LogP contribution in [-0.2, 0) is 4.79 Å². The number of nitrogens with one attached hydrogen (secondary N) is 2. The minimum Gasteiger partial charge on any atom is -0.326 e. The molecule has 0 spiro atoms. The zero-order chi connectivity index (χ0) is 17.6. The summed E-state index contributed by atoms with van der Waals surface area (Å²) in [6.45, 7) is 0. The molecule has 0 unspecified atom stereocenters. The minimum absolute atomic E-state index is 0.0778. The standard InChI is InChI=1S/C20H21BrN2O2/c21-18-12-5-4-11-17(18)20(25)23-16-10-6-9-15(13-16)22-19(24)14-7-2-1-3-8-14/h4-6,9-14H,1-3,7-8H2,(H,22,24)(H,23,25). The number of rotatable bonds is 4. The molecule has 0 saturated heterocycles. The Bertz CT molecular complexity index is 770. The van der Waals surface area contributed by atoms with Crippen molar-refractivity contribution in [2.24, 2.45) is 5.92 Å². The van der Waals surface area contributed by atoms with Crippen molar-refractivity contribution in [1.29, 1.82) is 0 Å². The van der Waals surface area contributed by atoms with Crippen molar-refractivity contribution in [2.45, 2.75) is 32.1 Å². The van der Waals surface area contributed by atoms with Crippen LogP contribution in [0.4, 0.5) is 11.4 Å². The van der Waals surface area contributed by atoms with Crippen LogP contribution in [0.1, 0.15) is 42.5 Å². The molecule has 2 aromatic carbocycles. The van der Waals surface area contributed by atoms with Crippen LogP contribution in [0, 0.1) is 5.92 Å². The normalized spacial score (nSPS) is 14.8. The molecule has 0 radical (unpaired) electrons. The van der Waals surface area contributed by atoms with Gasteiger partial charge in [-0.15, -0.1) is 0 Å². The van der Waals surface area contributed by atoms with E-state index in [2.05, 4.69) is 26.6 Å². The summed E-state index contributed by atoms with van der Waals surface area (Å²) < 4.78 is 0.745. The first-order valence-electron chi connectivity index (χ1n) is 8.60. The first-order chi connectivity index (χ1) is 12.1. The zero-order valence-electron chi connectivity index (χ0n) is 13.9. The third-order valence-corrected chi connectivity index (χ3v) is 5.17. The van der Waals surface area contributed by atoms with Crippen LogP contribution in [0.15, 0.2) is 53.0 Å². The van der Waals surface area contributed by atoms with E-state index in [1.165, 1.54) is 6.42 Å². The Morgan fingerprint density at radius 2 is 1.56 bits per heavy atom. The van der Waals surface area contributed by atoms with E-state index < -0.39 is 0 Å². The molecule has 0 aromatic heterocycles. The van der Waals surface area contributed by atoms with Crippen molar-refractivity contribution in [1.82, 2.24) is 0 Å². The summed E-state index contributed by atoms with van der Waals surface area (Å²) >= 11 is 3.38. The van der Waals surface area contributed by atoms with Gasteiger partial charge in [0, 0.05) is 21.8 Å². The summed E-state index contributed by atoms with van der Waals surface area (Å²) in [6, 6.07) is 14.5. The molecule has 2 amide bonds. The van der Waals surface area contributed by atoms with Gasteiger partial charge in [0.25, 0.3) is 5.91 Å². The molecule has 1 fully saturated rings. The van der Waals surface area contributed by atoms with E-state index in [9.17, 15) is 9.59 Å². The molecule has 0 bridgehead atoms. The predicted octanol–water partition coefficient (Wildman–Crippen LogP) is 5.22. The molecule has 4 nitrogen and oxygen atoms in total. The lowest BCUT2D eigenvalue weighted by Crippen LogP contribution is -2.24. The van der Waals surface area contributed by atoms with Crippen LogP contribution >= 0.6 is 15.9 Å². The largest absolute Gasteiger partial charge is 0.326 e. The predicted molar refractivity (Wildman–Crippen MR) is 104 cm³/mol. The monoisotopic (exact) mass is 400 g/mol. The van der Waals surface area contributed by atoms with E-state index in [1.807, 2.05) is 36.4 Å². The number of amides is 2. The number of anilines is 2. The Morgan fingerprint density at radius 3 is 2.28 bits per heavy atom. The molecule has 0 heterocycles. The Kier molecular flexibility index (Phi) is 5.87. The maximum absolute atomic E-state index is 12.4. The molecule has 25 heavy (non-hydrogen) atoms. The van der Waals surface area contributed by atoms with Crippen molar-refractivity contribution in [3.63, 3.8) is 0 Å². The van der Waals surface area contributed by atoms with Gasteiger partial charge in [0.2, 0.25) is 5.91 Å². The molecule has 0 atom stereocenters. The number of carbonyl (C=O) groups excluding carboxylic acids is 2. The van der Waals surface area contributed by atoms with Crippen molar-refractivity contribution in [2.75, 3.05) is 10.6 Å². The molecule has 1 aliphatic rings. The quantitative estimate of drug-likeness (QED) is 0.738. The maximum Gasteiger partial charge on any atom is 0.256 e. The summed E-state index contributed by atoms with van der Waals surface area (Å²) in [6.07, 6.45) is 5.40. The molecule has 3 rings (SSSR count). The van der Waals surface area contributed by atoms with E-state index in [1.54, 1.807) is 12.1 Å². The van der Waals surface area contributed by atoms with Gasteiger partial charge in [-0.3, -0.25) is 9.59 Å². The average molecular weight is 401 g/mol. The molecule has 130 valence electrons. The Hall–Kier alpha value is -2.14. The van der Waals surface area contributed by atoms with Crippen LogP contribution < -0.4 is 10.6 Å². The lowest BCUT2D eigenvalue weighted by Gasteiger charge is -2.20. The SMILES string of the molecule is O=C(Nc1cccc(NC(=O)C2CCCCC2)c1)c1ccccc1Br. The summed E-state index contributed by atoms with van der Waals surface area (Å²) in [5, 5.41) is 5.85. The summed E-state index contributed by atoms with van der Waals surface area (Å²) in [7, 11) is 0. The fraction of sp³-hybridized carbons (Fsp3) is 0.300. The summed E-state index contributed by atoms with van der Waals surface area (Å²) in [4.78, 5) is 24.7. The fourth-order valence-electron chi connectivity index (χ4n) is 3.13. The van der Waals surface area contributed by atoms with Gasteiger partial charge in [-0.05, 0) is 59.1 Å². The van der Waals surface area contributed by atoms with Crippen molar-refractivity contribution in [3.05, 3.63) is 58.6 Å². The summed E-state index contributed by atoms with van der Waals surface area (Å²) in [5.74, 6) is -0.00974. The van der Waals surface area contributed by atoms with E-state index in [0.29, 0.717) is 16.9 Å². The van der Waals surface area contributed by atoms with Gasteiger partial charge in [0.15, 0.2) is 0 Å². The van der Waals surface area contributed by atoms with Crippen LogP contribution in [0.2, 0.25) is 0 Å². The van der Waals surface area contributed by atoms with Gasteiger partial charge in [-0.2, -0.15) is 0 Å². The molecule has 5 heteroatoms. The van der Waals surface area contributed by atoms with E-state index in [4.69, 9.17) is 0 Å². The fourth-order valence-corrected chi connectivity index (χ4v) is 3.59. The van der Waals surface area contributed by atoms with Gasteiger partial charge < -0.3 is 10.6 Å². The number of halogens is 1. The van der Waals surface area contributed by atoms with Gasteiger partial charge in [0.05, 0.1) is 5.56 Å². The highest BCUT2D eigenvalue weighted by molar-refractivity contribution is 9.10. The van der Waals surface area contributed by atoms with Crippen molar-refractivity contribution < 1.29 is 9.59 Å². The van der Waals surface area contributed by atoms with E-state index >= 15 is 0 Å². The molecular weight excluding hydrogens is 380 g/mol. The van der Waals surface area contributed by atoms with Crippen LogP contribution in [0.5, 0.6) is 0 Å². The molecule has 2 N–H and O–H groups in total. The first kappa shape index (κ1) is 17.7. The highest BCUT2D eigenvalue weighted by atomic mass is 79.9. The highest BCUT2D eigenvalue weighted by Crippen LogP contribution is 2.26. The second kappa shape index (κ2) is 8.30. The van der Waals surface area contributed by atoms with E-state index in [0.717, 1.165) is 30.2 Å². The van der Waals surface area contributed by atoms with Crippen LogP contribution in [0.25, 0.3) is 0 Å². The average Bonchev–Trinajstić information content (AvgIpc) is 2.63. The molecule has 0 aliphatic heterocycles. The Labute approximate surface area is 156 Å². The molecule has 1 aliphatic carbocycles. The van der Waals surface area contributed by atoms with Crippen molar-refractivity contribution in [3.8, 4) is 0 Å². The van der Waals surface area contributed by atoms with Gasteiger partial charge in [-0.25, -0.2) is 0 Å². The minimum atomic E-state index is -0.191. The second-order valence-corrected chi connectivity index (χ2v) is 7.19. The van der Waals surface area contributed by atoms with E-state index in [-0.39, 0.29) is 17.7 Å². The third kappa shape index (κ3) is 4.69. The van der Waals surface area contributed by atoms with Gasteiger partial charge >= 0.3 is 0 Å². The lowest BCUT2D eigenvalue weighted by atomic mass is 9.88. The number of hydrogen-bond acceptors (Lipinski definition) is 2. The first-order valence-corrected chi connectivity index (χ1v) is 9.39. The Morgan fingerprint density at radius 1 is 0.880 bits per heavy atom. The second-order valence-electron chi connectivity index (χ2n) is 6.34. The topological polar surface area (TPSA) is 58.2 Å². The van der Waals surface area contributed by atoms with Crippen molar-refractivity contribution >= 4 is 39.1 Å². The Balaban J connectivity index is 1.66. The van der Waals surface area contributed by atoms with Gasteiger partial charge in [0.1, 0.15) is 0 Å². The van der Waals surface area contributed by atoms with Gasteiger partial charge in [-0.1, -0.05) is 37.5 Å². The number of carbonyl (C=O) groups is 2. The number of benzene rings is 2. The molecule has 2 aromatic rings. The van der Waals surface area contributed by atoms with Crippen LogP contribution in [-0.4, -0.2) is 11.8 Å². The lowest BCUT2D eigenvalue weighted by molar-refractivity contribution is -0.120. The van der Waals surface area contributed by atoms with Crippen LogP contribution in [0.3, 0.4) is 0 Å². The maximum atomic E-state index is 12.4. The smallest absolute Gasteiger partial charge is 0.256 e.